The van der Waals surface area contributed by atoms with Crippen LogP contribution < -0.4 is 10.8 Å². The summed E-state index contributed by atoms with van der Waals surface area (Å²) < 4.78 is 1.82. The lowest BCUT2D eigenvalue weighted by molar-refractivity contribution is 0.0706. The quantitative estimate of drug-likeness (QED) is 0.368. The van der Waals surface area contributed by atoms with Crippen LogP contribution >= 0.6 is 0 Å². The van der Waals surface area contributed by atoms with Crippen molar-refractivity contribution in [2.75, 3.05) is 5.32 Å². The van der Waals surface area contributed by atoms with Gasteiger partial charge in [-0.25, -0.2) is 10.5 Å². The number of benzene rings is 2. The number of anilines is 1. The Morgan fingerprint density at radius 3 is 2.52 bits per heavy atom. The molecule has 0 unspecified atom stereocenters. The van der Waals surface area contributed by atoms with Crippen molar-refractivity contribution in [1.29, 1.82) is 0 Å². The number of hydroxylamine groups is 1. The SMILES string of the molecule is Cc1ccccc1-c1cc(C(=O)Nc2ccc(C(=O)NO)cc2)c2nccn2c1. The van der Waals surface area contributed by atoms with Crippen LogP contribution in [0.1, 0.15) is 26.3 Å². The molecule has 7 heteroatoms. The van der Waals surface area contributed by atoms with E-state index < -0.39 is 5.91 Å². The number of nitrogens with one attached hydrogen (secondary N) is 2. The molecule has 0 spiro atoms. The van der Waals surface area contributed by atoms with Crippen molar-refractivity contribution in [3.05, 3.63) is 89.9 Å². The highest BCUT2D eigenvalue weighted by Gasteiger charge is 2.15. The maximum absolute atomic E-state index is 13.0. The third kappa shape index (κ3) is 3.59. The van der Waals surface area contributed by atoms with Gasteiger partial charge >= 0.3 is 0 Å². The molecule has 0 aliphatic carbocycles. The summed E-state index contributed by atoms with van der Waals surface area (Å²) in [5.41, 5.74) is 6.42. The summed E-state index contributed by atoms with van der Waals surface area (Å²) in [5.74, 6) is -0.927. The van der Waals surface area contributed by atoms with E-state index >= 15 is 0 Å². The Bertz CT molecular complexity index is 1210. The molecule has 4 rings (SSSR count). The second-order valence-corrected chi connectivity index (χ2v) is 6.59. The number of amides is 2. The molecule has 0 saturated heterocycles. The highest BCUT2D eigenvalue weighted by atomic mass is 16.5. The Morgan fingerprint density at radius 1 is 1.03 bits per heavy atom. The summed E-state index contributed by atoms with van der Waals surface area (Å²) >= 11 is 0. The molecular formula is C22H18N4O3. The number of rotatable bonds is 4. The average Bonchev–Trinajstić information content (AvgIpc) is 3.22. The van der Waals surface area contributed by atoms with Crippen LogP contribution in [0, 0.1) is 6.92 Å². The predicted octanol–water partition coefficient (Wildman–Crippen LogP) is 3.68. The van der Waals surface area contributed by atoms with E-state index in [1.807, 2.05) is 47.9 Å². The van der Waals surface area contributed by atoms with E-state index in [-0.39, 0.29) is 11.5 Å². The first kappa shape index (κ1) is 18.4. The number of carbonyl (C=O) groups excluding carboxylic acids is 2. The smallest absolute Gasteiger partial charge is 0.274 e. The first-order chi connectivity index (χ1) is 14.1. The van der Waals surface area contributed by atoms with Gasteiger partial charge in [-0.15, -0.1) is 0 Å². The number of fused-ring (bicyclic) bond motifs is 1. The summed E-state index contributed by atoms with van der Waals surface area (Å²) in [5, 5.41) is 11.5. The van der Waals surface area contributed by atoms with Crippen LogP contribution in [-0.4, -0.2) is 26.4 Å². The molecule has 0 atom stereocenters. The third-order valence-electron chi connectivity index (χ3n) is 4.69. The van der Waals surface area contributed by atoms with Gasteiger partial charge in [-0.3, -0.25) is 14.8 Å². The van der Waals surface area contributed by atoms with Gasteiger partial charge in [0.15, 0.2) is 0 Å². The third-order valence-corrected chi connectivity index (χ3v) is 4.69. The first-order valence-corrected chi connectivity index (χ1v) is 8.95. The summed E-state index contributed by atoms with van der Waals surface area (Å²) in [7, 11) is 0. The minimum atomic E-state index is -0.618. The van der Waals surface area contributed by atoms with E-state index in [9.17, 15) is 9.59 Å². The molecule has 0 aliphatic heterocycles. The van der Waals surface area contributed by atoms with Gasteiger partial charge in [0.1, 0.15) is 5.65 Å². The van der Waals surface area contributed by atoms with Gasteiger partial charge < -0.3 is 9.72 Å². The lowest BCUT2D eigenvalue weighted by Gasteiger charge is -2.11. The zero-order chi connectivity index (χ0) is 20.4. The van der Waals surface area contributed by atoms with Crippen LogP contribution in [-0.2, 0) is 0 Å². The molecule has 2 heterocycles. The molecule has 4 aromatic rings. The van der Waals surface area contributed by atoms with Gasteiger partial charge in [0.25, 0.3) is 11.8 Å². The summed E-state index contributed by atoms with van der Waals surface area (Å²) in [6.07, 6.45) is 5.40. The van der Waals surface area contributed by atoms with Crippen molar-refractivity contribution in [3.8, 4) is 11.1 Å². The number of aryl methyl sites for hydroxylation is 1. The Hall–Kier alpha value is -3.97. The predicted molar refractivity (Wildman–Crippen MR) is 109 cm³/mol. The van der Waals surface area contributed by atoms with Crippen molar-refractivity contribution in [2.24, 2.45) is 0 Å². The Labute approximate surface area is 166 Å². The maximum atomic E-state index is 13.0. The van der Waals surface area contributed by atoms with E-state index in [1.54, 1.807) is 30.0 Å². The fraction of sp³-hybridized carbons (Fsp3) is 0.0455. The number of imidazole rings is 1. The minimum Gasteiger partial charge on any atom is -0.322 e. The topological polar surface area (TPSA) is 95.7 Å². The normalized spacial score (nSPS) is 10.7. The zero-order valence-corrected chi connectivity index (χ0v) is 15.6. The first-order valence-electron chi connectivity index (χ1n) is 8.95. The van der Waals surface area contributed by atoms with Gasteiger partial charge in [0.2, 0.25) is 0 Å². The van der Waals surface area contributed by atoms with Crippen LogP contribution in [0.25, 0.3) is 16.8 Å². The molecule has 2 amide bonds. The van der Waals surface area contributed by atoms with Crippen LogP contribution in [0.3, 0.4) is 0 Å². The Kier molecular flexibility index (Phi) is 4.80. The second kappa shape index (κ2) is 7.57. The molecule has 0 saturated carbocycles. The van der Waals surface area contributed by atoms with Crippen molar-refractivity contribution in [3.63, 3.8) is 0 Å². The molecular weight excluding hydrogens is 368 g/mol. The summed E-state index contributed by atoms with van der Waals surface area (Å²) in [4.78, 5) is 28.7. The molecule has 0 aliphatic rings. The standard InChI is InChI=1S/C22H18N4O3/c1-14-4-2-3-5-18(14)16-12-19(20-23-10-11-26(20)13-16)22(28)24-17-8-6-15(7-9-17)21(27)25-29/h2-13,29H,1H3,(H,24,28)(H,25,27). The van der Waals surface area contributed by atoms with E-state index in [2.05, 4.69) is 10.3 Å². The summed E-state index contributed by atoms with van der Waals surface area (Å²) in [6, 6.07) is 16.0. The second-order valence-electron chi connectivity index (χ2n) is 6.59. The molecule has 2 aromatic carbocycles. The fourth-order valence-corrected chi connectivity index (χ4v) is 3.21. The molecule has 0 radical (unpaired) electrons. The van der Waals surface area contributed by atoms with Gasteiger partial charge in [-0.1, -0.05) is 24.3 Å². The Morgan fingerprint density at radius 2 is 1.79 bits per heavy atom. The van der Waals surface area contributed by atoms with Gasteiger partial charge in [0.05, 0.1) is 5.56 Å². The molecule has 0 fully saturated rings. The van der Waals surface area contributed by atoms with Crippen molar-refractivity contribution in [2.45, 2.75) is 6.92 Å². The molecule has 0 bridgehead atoms. The highest BCUT2D eigenvalue weighted by Crippen LogP contribution is 2.26. The average molecular weight is 386 g/mol. The number of hydrogen-bond donors (Lipinski definition) is 3. The molecule has 7 nitrogen and oxygen atoms in total. The van der Waals surface area contributed by atoms with Gasteiger partial charge in [-0.2, -0.15) is 0 Å². The lowest BCUT2D eigenvalue weighted by atomic mass is 10.0. The van der Waals surface area contributed by atoms with Gasteiger partial charge in [-0.05, 0) is 53.9 Å². The van der Waals surface area contributed by atoms with Crippen LogP contribution in [0.5, 0.6) is 0 Å². The Balaban J connectivity index is 1.69. The lowest BCUT2D eigenvalue weighted by Crippen LogP contribution is -2.18. The highest BCUT2D eigenvalue weighted by molar-refractivity contribution is 6.09. The monoisotopic (exact) mass is 386 g/mol. The van der Waals surface area contributed by atoms with Crippen LogP contribution in [0.4, 0.5) is 5.69 Å². The van der Waals surface area contributed by atoms with E-state index in [1.165, 1.54) is 12.1 Å². The number of aromatic nitrogens is 2. The molecule has 3 N–H and O–H groups in total. The number of hydrogen-bond acceptors (Lipinski definition) is 4. The maximum Gasteiger partial charge on any atom is 0.274 e. The molecule has 2 aromatic heterocycles. The van der Waals surface area contributed by atoms with Crippen LogP contribution in [0.2, 0.25) is 0 Å². The van der Waals surface area contributed by atoms with Crippen molar-refractivity contribution < 1.29 is 14.8 Å². The molecule has 29 heavy (non-hydrogen) atoms. The van der Waals surface area contributed by atoms with E-state index in [0.29, 0.717) is 16.9 Å². The van der Waals surface area contributed by atoms with Crippen molar-refractivity contribution in [1.82, 2.24) is 14.9 Å². The van der Waals surface area contributed by atoms with E-state index in [4.69, 9.17) is 5.21 Å². The van der Waals surface area contributed by atoms with Crippen LogP contribution in [0.15, 0.2) is 73.2 Å². The largest absolute Gasteiger partial charge is 0.322 e. The van der Waals surface area contributed by atoms with Gasteiger partial charge in [0, 0.05) is 29.8 Å². The molecule has 144 valence electrons. The van der Waals surface area contributed by atoms with Crippen molar-refractivity contribution >= 4 is 23.1 Å². The number of nitrogens with zero attached hydrogens (tertiary/aromatic N) is 2. The van der Waals surface area contributed by atoms with E-state index in [0.717, 1.165) is 16.7 Å². The minimum absolute atomic E-state index is 0.280. The number of pyridine rings is 1. The zero-order valence-electron chi connectivity index (χ0n) is 15.6. The summed E-state index contributed by atoms with van der Waals surface area (Å²) in [6.45, 7) is 2.03. The number of carbonyl (C=O) groups is 2. The fourth-order valence-electron chi connectivity index (χ4n) is 3.21.